The number of ether oxygens (including phenoxy) is 1. The van der Waals surface area contributed by atoms with Gasteiger partial charge in [0.15, 0.2) is 0 Å². The van der Waals surface area contributed by atoms with E-state index in [9.17, 15) is 19.5 Å². The lowest BCUT2D eigenvalue weighted by molar-refractivity contribution is 0.0526. The first-order chi connectivity index (χ1) is 26.5. The highest BCUT2D eigenvalue weighted by Gasteiger charge is 2.28. The quantitative estimate of drug-likeness (QED) is 0.117. The molecule has 2 fully saturated rings. The number of aryl methyl sites for hydroxylation is 2. The molecule has 0 radical (unpaired) electrons. The molecule has 3 heterocycles. The minimum Gasteiger partial charge on any atom is -0.462 e. The van der Waals surface area contributed by atoms with Crippen LogP contribution in [0.1, 0.15) is 80.7 Å². The summed E-state index contributed by atoms with van der Waals surface area (Å²) in [6.07, 6.45) is 4.76. The standard InChI is InChI=1S/C23H23N3O3.C20H19BrN2O3/c1-12-21(13(2)29-25-12)16-8-18-17-6-5-15(11-27)7-20(17)26(10-14-3-4-14)22(18)19(9-16)23(24)28;1-2-26-20(25)12-5-6-14-15-8-13(21)9-16(19(22)24)18(15)23(17(14)7-12)10-11-3-4-11/h5-9,14,27H,3-4,10-11H2,1-2H3,(H2,24,28);5-9,11H,2-4,10H2,1H3,(H2,22,24). The molecule has 2 amide bonds. The number of nitrogens with zero attached hydrogens (tertiary/aromatic N) is 3. The third-order valence-electron chi connectivity index (χ3n) is 10.8. The fourth-order valence-electron chi connectivity index (χ4n) is 7.83. The van der Waals surface area contributed by atoms with Crippen LogP contribution >= 0.6 is 15.9 Å². The summed E-state index contributed by atoms with van der Waals surface area (Å²) in [7, 11) is 0. The molecule has 5 N–H and O–H groups in total. The van der Waals surface area contributed by atoms with Crippen LogP contribution < -0.4 is 11.5 Å². The Hall–Kier alpha value is -5.46. The van der Waals surface area contributed by atoms with Crippen molar-refractivity contribution < 1.29 is 28.8 Å². The van der Waals surface area contributed by atoms with Gasteiger partial charge in [0.25, 0.3) is 11.8 Å². The monoisotopic (exact) mass is 803 g/mol. The third kappa shape index (κ3) is 6.78. The lowest BCUT2D eigenvalue weighted by Gasteiger charge is -2.11. The zero-order chi connectivity index (χ0) is 38.7. The van der Waals surface area contributed by atoms with Crippen molar-refractivity contribution >= 4 is 77.3 Å². The van der Waals surface area contributed by atoms with E-state index in [1.165, 1.54) is 25.7 Å². The molecule has 0 bridgehead atoms. The van der Waals surface area contributed by atoms with E-state index in [0.29, 0.717) is 40.9 Å². The molecule has 55 heavy (non-hydrogen) atoms. The highest BCUT2D eigenvalue weighted by Crippen LogP contribution is 2.41. The first-order valence-corrected chi connectivity index (χ1v) is 19.4. The summed E-state index contributed by atoms with van der Waals surface area (Å²) in [6.45, 7) is 7.52. The number of carbonyl (C=O) groups excluding carboxylic acids is 3. The topological polar surface area (TPSA) is 169 Å². The Balaban J connectivity index is 0.000000156. The maximum atomic E-state index is 12.5. The molecule has 0 aliphatic heterocycles. The van der Waals surface area contributed by atoms with Gasteiger partial charge < -0.3 is 35.0 Å². The number of fused-ring (bicyclic) bond motifs is 6. The number of halogens is 1. The van der Waals surface area contributed by atoms with Gasteiger partial charge in [-0.05, 0) is 112 Å². The van der Waals surface area contributed by atoms with Gasteiger partial charge in [-0.1, -0.05) is 39.3 Å². The van der Waals surface area contributed by atoms with Crippen molar-refractivity contribution in [1.29, 1.82) is 0 Å². The fraction of sp³-hybridized carbons (Fsp3) is 0.302. The van der Waals surface area contributed by atoms with Crippen LogP contribution in [0.15, 0.2) is 69.7 Å². The van der Waals surface area contributed by atoms with Gasteiger partial charge in [0, 0.05) is 55.7 Å². The summed E-state index contributed by atoms with van der Waals surface area (Å²) < 4.78 is 15.6. The molecule has 2 saturated carbocycles. The average molecular weight is 805 g/mol. The van der Waals surface area contributed by atoms with Crippen LogP contribution in [0.5, 0.6) is 0 Å². The predicted octanol–water partition coefficient (Wildman–Crippen LogP) is 8.31. The number of nitrogens with two attached hydrogens (primary N) is 2. The van der Waals surface area contributed by atoms with Crippen LogP contribution in [0.4, 0.5) is 0 Å². The van der Waals surface area contributed by atoms with Crippen LogP contribution in [-0.4, -0.2) is 43.8 Å². The van der Waals surface area contributed by atoms with Crippen molar-refractivity contribution in [2.75, 3.05) is 6.61 Å². The van der Waals surface area contributed by atoms with Gasteiger partial charge in [-0.15, -0.1) is 0 Å². The lowest BCUT2D eigenvalue weighted by atomic mass is 9.97. The summed E-state index contributed by atoms with van der Waals surface area (Å²) in [4.78, 5) is 36.7. The van der Waals surface area contributed by atoms with E-state index in [2.05, 4.69) is 36.3 Å². The number of hydrogen-bond acceptors (Lipinski definition) is 7. The van der Waals surface area contributed by atoms with Crippen LogP contribution in [0.25, 0.3) is 54.7 Å². The van der Waals surface area contributed by atoms with E-state index >= 15 is 0 Å². The molecule has 12 heteroatoms. The van der Waals surface area contributed by atoms with Crippen molar-refractivity contribution in [2.24, 2.45) is 23.3 Å². The van der Waals surface area contributed by atoms with E-state index in [1.54, 1.807) is 19.1 Å². The van der Waals surface area contributed by atoms with Gasteiger partial charge in [0.2, 0.25) is 0 Å². The summed E-state index contributed by atoms with van der Waals surface area (Å²) in [5.41, 5.74) is 20.1. The molecule has 0 spiro atoms. The van der Waals surface area contributed by atoms with Gasteiger partial charge in [0.05, 0.1) is 46.6 Å². The molecule has 11 nitrogen and oxygen atoms in total. The largest absolute Gasteiger partial charge is 0.462 e. The summed E-state index contributed by atoms with van der Waals surface area (Å²) >= 11 is 3.48. The Labute approximate surface area is 325 Å². The number of rotatable bonds is 10. The molecule has 282 valence electrons. The van der Waals surface area contributed by atoms with E-state index in [0.717, 1.165) is 83.6 Å². The van der Waals surface area contributed by atoms with Crippen molar-refractivity contribution in [3.63, 3.8) is 0 Å². The van der Waals surface area contributed by atoms with Crippen LogP contribution in [0.3, 0.4) is 0 Å². The number of benzene rings is 4. The Bertz CT molecular complexity index is 2680. The van der Waals surface area contributed by atoms with E-state index in [4.69, 9.17) is 20.7 Å². The molecule has 0 unspecified atom stereocenters. The maximum Gasteiger partial charge on any atom is 0.338 e. The van der Waals surface area contributed by atoms with Crippen molar-refractivity contribution in [3.05, 3.63) is 98.8 Å². The summed E-state index contributed by atoms with van der Waals surface area (Å²) in [6, 6.07) is 19.2. The third-order valence-corrected chi connectivity index (χ3v) is 11.2. The number of carbonyl (C=O) groups is 3. The normalized spacial score (nSPS) is 14.1. The number of amides is 2. The molecule has 0 saturated heterocycles. The van der Waals surface area contributed by atoms with Crippen molar-refractivity contribution in [3.8, 4) is 11.1 Å². The van der Waals surface area contributed by atoms with Crippen molar-refractivity contribution in [1.82, 2.24) is 14.3 Å². The second kappa shape index (κ2) is 14.3. The number of hydrogen-bond donors (Lipinski definition) is 3. The highest BCUT2D eigenvalue weighted by atomic mass is 79.9. The number of aliphatic hydroxyl groups is 1. The molecule has 7 aromatic rings. The second-order valence-corrected chi connectivity index (χ2v) is 15.7. The van der Waals surface area contributed by atoms with Gasteiger partial charge in [-0.3, -0.25) is 9.59 Å². The number of aliphatic hydroxyl groups excluding tert-OH is 1. The first kappa shape index (κ1) is 36.5. The Morgan fingerprint density at radius 1 is 0.818 bits per heavy atom. The number of aromatic nitrogens is 3. The van der Waals surface area contributed by atoms with Gasteiger partial charge >= 0.3 is 5.97 Å². The number of primary amides is 2. The molecule has 3 aromatic heterocycles. The van der Waals surface area contributed by atoms with Gasteiger partial charge in [0.1, 0.15) is 5.76 Å². The molecular weight excluding hydrogens is 762 g/mol. The zero-order valence-corrected chi connectivity index (χ0v) is 32.5. The van der Waals surface area contributed by atoms with Crippen molar-refractivity contribution in [2.45, 2.75) is 66.2 Å². The van der Waals surface area contributed by atoms with Crippen LogP contribution in [-0.2, 0) is 24.4 Å². The zero-order valence-electron chi connectivity index (χ0n) is 30.9. The number of esters is 1. The smallest absolute Gasteiger partial charge is 0.338 e. The molecule has 4 aromatic carbocycles. The lowest BCUT2D eigenvalue weighted by Crippen LogP contribution is -2.14. The Morgan fingerprint density at radius 2 is 1.40 bits per heavy atom. The van der Waals surface area contributed by atoms with E-state index < -0.39 is 11.8 Å². The van der Waals surface area contributed by atoms with Gasteiger partial charge in [-0.25, -0.2) is 4.79 Å². The molecule has 9 rings (SSSR count). The molecule has 0 atom stereocenters. The maximum absolute atomic E-state index is 12.5. The van der Waals surface area contributed by atoms with Crippen LogP contribution in [0.2, 0.25) is 0 Å². The SMILES string of the molecule is CCOC(=O)c1ccc2c3cc(Br)cc(C(N)=O)c3n(CC3CC3)c2c1.Cc1noc(C)c1-c1cc(C(N)=O)c2c(c1)c1ccc(CO)cc1n2CC1CC1. The van der Waals surface area contributed by atoms with Gasteiger partial charge in [-0.2, -0.15) is 0 Å². The molecular formula is C43H42BrN5O6. The molecule has 2 aliphatic carbocycles. The first-order valence-electron chi connectivity index (χ1n) is 18.6. The minimum atomic E-state index is -0.457. The predicted molar refractivity (Wildman–Crippen MR) is 216 cm³/mol. The van der Waals surface area contributed by atoms with E-state index in [-0.39, 0.29) is 12.6 Å². The highest BCUT2D eigenvalue weighted by molar-refractivity contribution is 9.10. The average Bonchev–Trinajstić information content (AvgIpc) is 4.09. The minimum absolute atomic E-state index is 0.0199. The summed E-state index contributed by atoms with van der Waals surface area (Å²) in [5.74, 6) is 0.682. The molecule has 2 aliphatic rings. The second-order valence-electron chi connectivity index (χ2n) is 14.8. The summed E-state index contributed by atoms with van der Waals surface area (Å²) in [5, 5.41) is 17.7. The Morgan fingerprint density at radius 3 is 1.95 bits per heavy atom. The fourth-order valence-corrected chi connectivity index (χ4v) is 8.29. The van der Waals surface area contributed by atoms with E-state index in [1.807, 2.05) is 56.3 Å². The Kier molecular flexibility index (Phi) is 9.50. The van der Waals surface area contributed by atoms with Crippen LogP contribution in [0, 0.1) is 25.7 Å².